The Labute approximate surface area is 102 Å². The minimum Gasteiger partial charge on any atom is -0.395 e. The van der Waals surface area contributed by atoms with Crippen LogP contribution in [0.25, 0.3) is 0 Å². The van der Waals surface area contributed by atoms with Gasteiger partial charge in [-0.05, 0) is 11.6 Å². The first-order valence-electron chi connectivity index (χ1n) is 4.69. The van der Waals surface area contributed by atoms with Crippen LogP contribution in [0, 0.1) is 10.1 Å². The summed E-state index contributed by atoms with van der Waals surface area (Å²) in [6.45, 7) is 1.83. The zero-order chi connectivity index (χ0) is 12.3. The van der Waals surface area contributed by atoms with E-state index in [1.165, 1.54) is 12.1 Å². The summed E-state index contributed by atoms with van der Waals surface area (Å²) in [5, 5.41) is 20.0. The van der Waals surface area contributed by atoms with Gasteiger partial charge in [-0.15, -0.1) is 0 Å². The molecule has 0 fully saturated rings. The first-order chi connectivity index (χ1) is 7.42. The van der Waals surface area contributed by atoms with Crippen LogP contribution in [0.5, 0.6) is 0 Å². The monoisotopic (exact) mass is 288 g/mol. The van der Waals surface area contributed by atoms with Crippen LogP contribution in [0.1, 0.15) is 12.5 Å². The lowest BCUT2D eigenvalue weighted by molar-refractivity contribution is -0.385. The third-order valence-corrected chi connectivity index (χ3v) is 3.05. The number of aliphatic hydroxyl groups is 1. The lowest BCUT2D eigenvalue weighted by Crippen LogP contribution is -2.35. The van der Waals surface area contributed by atoms with Crippen LogP contribution in [0.4, 0.5) is 5.69 Å². The fraction of sp³-hybridized carbons (Fsp3) is 0.400. The van der Waals surface area contributed by atoms with E-state index in [2.05, 4.69) is 15.9 Å². The van der Waals surface area contributed by atoms with Crippen molar-refractivity contribution >= 4 is 21.6 Å². The minimum absolute atomic E-state index is 0.0162. The predicted molar refractivity (Wildman–Crippen MR) is 64.3 cm³/mol. The number of nitro groups is 1. The van der Waals surface area contributed by atoms with Crippen LogP contribution in [0.3, 0.4) is 0 Å². The first-order valence-corrected chi connectivity index (χ1v) is 5.48. The van der Waals surface area contributed by atoms with Crippen LogP contribution >= 0.6 is 15.9 Å². The number of nitro benzene ring substituents is 1. The predicted octanol–water partition coefficient (Wildman–Crippen LogP) is 1.57. The number of non-ortho nitro benzene ring substituents is 1. The van der Waals surface area contributed by atoms with E-state index in [1.807, 2.05) is 0 Å². The van der Waals surface area contributed by atoms with Gasteiger partial charge in [0.15, 0.2) is 0 Å². The van der Waals surface area contributed by atoms with Crippen molar-refractivity contribution in [2.45, 2.75) is 12.3 Å². The van der Waals surface area contributed by atoms with Gasteiger partial charge >= 0.3 is 0 Å². The third-order valence-electron chi connectivity index (χ3n) is 2.59. The maximum atomic E-state index is 10.7. The summed E-state index contributed by atoms with van der Waals surface area (Å²) in [6, 6.07) is 4.59. The molecule has 1 aromatic rings. The highest BCUT2D eigenvalue weighted by Crippen LogP contribution is 2.29. The summed E-state index contributed by atoms with van der Waals surface area (Å²) in [5.74, 6) is 0. The molecule has 5 nitrogen and oxygen atoms in total. The van der Waals surface area contributed by atoms with Crippen molar-refractivity contribution in [1.82, 2.24) is 0 Å². The summed E-state index contributed by atoms with van der Waals surface area (Å²) in [6.07, 6.45) is 0. The Hall–Kier alpha value is -0.980. The molecule has 3 N–H and O–H groups in total. The van der Waals surface area contributed by atoms with E-state index in [0.717, 1.165) is 0 Å². The molecule has 0 saturated carbocycles. The molecule has 1 atom stereocenters. The van der Waals surface area contributed by atoms with Gasteiger partial charge in [0.2, 0.25) is 0 Å². The molecule has 6 heteroatoms. The molecule has 1 unspecified atom stereocenters. The molecule has 0 aliphatic carbocycles. The molecule has 0 spiro atoms. The van der Waals surface area contributed by atoms with E-state index >= 15 is 0 Å². The van der Waals surface area contributed by atoms with Gasteiger partial charge in [-0.1, -0.05) is 22.9 Å². The van der Waals surface area contributed by atoms with Gasteiger partial charge < -0.3 is 10.8 Å². The Morgan fingerprint density at radius 1 is 1.56 bits per heavy atom. The van der Waals surface area contributed by atoms with Gasteiger partial charge in [0, 0.05) is 28.6 Å². The largest absolute Gasteiger partial charge is 0.395 e. The second kappa shape index (κ2) is 4.90. The summed E-state index contributed by atoms with van der Waals surface area (Å²) in [7, 11) is 0. The van der Waals surface area contributed by atoms with Crippen molar-refractivity contribution in [3.8, 4) is 0 Å². The lowest BCUT2D eigenvalue weighted by Gasteiger charge is -2.25. The fourth-order valence-electron chi connectivity index (χ4n) is 1.30. The standard InChI is InChI=1S/C10H13BrN2O3/c1-10(5-12,6-14)7-2-8(11)4-9(3-7)13(15)16/h2-4,14H,5-6,12H2,1H3. The van der Waals surface area contributed by atoms with E-state index in [9.17, 15) is 15.2 Å². The molecular formula is C10H13BrN2O3. The number of aliphatic hydroxyl groups excluding tert-OH is 1. The minimum atomic E-state index is -0.658. The second-order valence-corrected chi connectivity index (χ2v) is 4.79. The fourth-order valence-corrected chi connectivity index (χ4v) is 1.78. The highest BCUT2D eigenvalue weighted by atomic mass is 79.9. The van der Waals surface area contributed by atoms with Crippen LogP contribution < -0.4 is 5.73 Å². The molecule has 0 radical (unpaired) electrons. The zero-order valence-electron chi connectivity index (χ0n) is 8.81. The lowest BCUT2D eigenvalue weighted by atomic mass is 9.83. The Morgan fingerprint density at radius 3 is 2.62 bits per heavy atom. The molecule has 0 aromatic heterocycles. The summed E-state index contributed by atoms with van der Waals surface area (Å²) < 4.78 is 0.602. The van der Waals surface area contributed by atoms with Crippen molar-refractivity contribution in [2.75, 3.05) is 13.2 Å². The van der Waals surface area contributed by atoms with Crippen molar-refractivity contribution in [3.05, 3.63) is 38.3 Å². The SMILES string of the molecule is CC(CN)(CO)c1cc(Br)cc([N+](=O)[O-])c1. The number of halogens is 1. The van der Waals surface area contributed by atoms with Crippen molar-refractivity contribution < 1.29 is 10.0 Å². The van der Waals surface area contributed by atoms with Gasteiger partial charge in [-0.25, -0.2) is 0 Å². The molecule has 0 bridgehead atoms. The molecule has 0 saturated heterocycles. The number of hydrogen-bond donors (Lipinski definition) is 2. The molecule has 88 valence electrons. The first kappa shape index (κ1) is 13.1. The average molecular weight is 289 g/mol. The highest BCUT2D eigenvalue weighted by molar-refractivity contribution is 9.10. The summed E-state index contributed by atoms with van der Waals surface area (Å²) in [5.41, 5.74) is 5.56. The van der Waals surface area contributed by atoms with Gasteiger partial charge in [0.05, 0.1) is 11.5 Å². The Balaban J connectivity index is 3.28. The van der Waals surface area contributed by atoms with Gasteiger partial charge in [-0.3, -0.25) is 10.1 Å². The van der Waals surface area contributed by atoms with Crippen molar-refractivity contribution in [2.24, 2.45) is 5.73 Å². The number of nitrogens with two attached hydrogens (primary N) is 1. The molecule has 1 rings (SSSR count). The molecule has 0 amide bonds. The molecule has 1 aromatic carbocycles. The van der Waals surface area contributed by atoms with Crippen LogP contribution in [0.2, 0.25) is 0 Å². The number of hydrogen-bond acceptors (Lipinski definition) is 4. The van der Waals surface area contributed by atoms with E-state index in [-0.39, 0.29) is 18.8 Å². The Bertz CT molecular complexity index is 405. The van der Waals surface area contributed by atoms with E-state index < -0.39 is 10.3 Å². The van der Waals surface area contributed by atoms with E-state index in [1.54, 1.807) is 13.0 Å². The number of rotatable bonds is 4. The molecular weight excluding hydrogens is 276 g/mol. The Kier molecular flexibility index (Phi) is 4.01. The van der Waals surface area contributed by atoms with Gasteiger partial charge in [0.1, 0.15) is 0 Å². The Morgan fingerprint density at radius 2 is 2.19 bits per heavy atom. The van der Waals surface area contributed by atoms with Crippen LogP contribution in [-0.2, 0) is 5.41 Å². The molecule has 0 aliphatic heterocycles. The zero-order valence-corrected chi connectivity index (χ0v) is 10.4. The number of nitrogens with zero attached hydrogens (tertiary/aromatic N) is 1. The maximum absolute atomic E-state index is 10.7. The van der Waals surface area contributed by atoms with E-state index in [0.29, 0.717) is 10.0 Å². The van der Waals surface area contributed by atoms with Crippen LogP contribution in [-0.4, -0.2) is 23.2 Å². The highest BCUT2D eigenvalue weighted by Gasteiger charge is 2.26. The van der Waals surface area contributed by atoms with Gasteiger partial charge in [0.25, 0.3) is 5.69 Å². The molecule has 16 heavy (non-hydrogen) atoms. The maximum Gasteiger partial charge on any atom is 0.270 e. The topological polar surface area (TPSA) is 89.4 Å². The second-order valence-electron chi connectivity index (χ2n) is 3.88. The summed E-state index contributed by atoms with van der Waals surface area (Å²) >= 11 is 3.21. The van der Waals surface area contributed by atoms with Crippen LogP contribution in [0.15, 0.2) is 22.7 Å². The quantitative estimate of drug-likeness (QED) is 0.650. The third kappa shape index (κ3) is 2.58. The molecule has 0 aliphatic rings. The normalized spacial score (nSPS) is 14.5. The number of benzene rings is 1. The van der Waals surface area contributed by atoms with E-state index in [4.69, 9.17) is 5.73 Å². The average Bonchev–Trinajstić information content (AvgIpc) is 2.27. The smallest absolute Gasteiger partial charge is 0.270 e. The van der Waals surface area contributed by atoms with Crippen molar-refractivity contribution in [3.63, 3.8) is 0 Å². The van der Waals surface area contributed by atoms with Crippen molar-refractivity contribution in [1.29, 1.82) is 0 Å². The van der Waals surface area contributed by atoms with Gasteiger partial charge in [-0.2, -0.15) is 0 Å². The summed E-state index contributed by atoms with van der Waals surface area (Å²) in [4.78, 5) is 10.2. The molecule has 0 heterocycles.